The average molecular weight is 499 g/mol. The molecule has 8 heteroatoms. The lowest BCUT2D eigenvalue weighted by Gasteiger charge is -2.22. The summed E-state index contributed by atoms with van der Waals surface area (Å²) in [5.41, 5.74) is 5.16. The molecule has 4 heterocycles. The molecule has 200 valence electrons. The fourth-order valence-corrected chi connectivity index (χ4v) is 4.40. The van der Waals surface area contributed by atoms with E-state index in [1.54, 1.807) is 0 Å². The Hall–Kier alpha value is -2.04. The Labute approximate surface area is 217 Å². The van der Waals surface area contributed by atoms with Gasteiger partial charge in [0.15, 0.2) is 0 Å². The van der Waals surface area contributed by atoms with Crippen molar-refractivity contribution < 1.29 is 10.2 Å². The summed E-state index contributed by atoms with van der Waals surface area (Å²) in [7, 11) is 0. The van der Waals surface area contributed by atoms with E-state index >= 15 is 0 Å². The molecule has 6 rings (SSSR count). The molecule has 5 aliphatic rings. The number of allylic oxidation sites excluding steroid dienone is 3. The predicted molar refractivity (Wildman–Crippen MR) is 148 cm³/mol. The maximum absolute atomic E-state index is 9.43. The van der Waals surface area contributed by atoms with Crippen LogP contribution in [0.1, 0.15) is 17.5 Å². The molecule has 0 radical (unpaired) electrons. The fourth-order valence-electron chi connectivity index (χ4n) is 4.40. The Balaban J connectivity index is 1.54. The Kier molecular flexibility index (Phi) is 13.8. The third kappa shape index (κ3) is 11.3. The van der Waals surface area contributed by atoms with Crippen LogP contribution in [0.4, 0.5) is 0 Å². The van der Waals surface area contributed by atoms with E-state index in [4.69, 9.17) is 0 Å². The van der Waals surface area contributed by atoms with Crippen LogP contribution in [0.5, 0.6) is 0 Å². The second kappa shape index (κ2) is 17.4. The first kappa shape index (κ1) is 28.5. The van der Waals surface area contributed by atoms with E-state index in [-0.39, 0.29) is 13.2 Å². The molecule has 0 fully saturated rings. The van der Waals surface area contributed by atoms with Gasteiger partial charge in [-0.1, -0.05) is 42.5 Å². The van der Waals surface area contributed by atoms with Gasteiger partial charge in [0, 0.05) is 91.3 Å². The second-order valence-corrected chi connectivity index (χ2v) is 9.47. The summed E-state index contributed by atoms with van der Waals surface area (Å²) >= 11 is 0. The van der Waals surface area contributed by atoms with Gasteiger partial charge in [-0.15, -0.1) is 0 Å². The molecular weight excluding hydrogens is 452 g/mol. The molecule has 36 heavy (non-hydrogen) atoms. The minimum absolute atomic E-state index is 0.181. The van der Waals surface area contributed by atoms with Crippen LogP contribution in [0.25, 0.3) is 0 Å². The summed E-state index contributed by atoms with van der Waals surface area (Å²) in [6, 6.07) is 8.77. The van der Waals surface area contributed by atoms with Gasteiger partial charge in [-0.3, -0.25) is 9.80 Å². The predicted octanol–water partition coefficient (Wildman–Crippen LogP) is 0.417. The van der Waals surface area contributed by atoms with Crippen molar-refractivity contribution in [3.63, 3.8) is 0 Å². The highest BCUT2D eigenvalue weighted by molar-refractivity contribution is 5.35. The molecule has 1 aliphatic carbocycles. The zero-order valence-electron chi connectivity index (χ0n) is 21.7. The lowest BCUT2D eigenvalue weighted by atomic mass is 10.0. The largest absolute Gasteiger partial charge is 0.395 e. The lowest BCUT2D eigenvalue weighted by Crippen LogP contribution is -2.38. The zero-order valence-corrected chi connectivity index (χ0v) is 21.7. The monoisotopic (exact) mass is 498 g/mol. The molecule has 0 amide bonds. The summed E-state index contributed by atoms with van der Waals surface area (Å²) in [6.07, 6.45) is 9.73. The molecule has 0 saturated carbocycles. The van der Waals surface area contributed by atoms with Gasteiger partial charge >= 0.3 is 0 Å². The third-order valence-electron chi connectivity index (χ3n) is 6.63. The molecule has 1 aromatic rings. The summed E-state index contributed by atoms with van der Waals surface area (Å²) in [5, 5.41) is 32.9. The van der Waals surface area contributed by atoms with Crippen molar-refractivity contribution in [1.82, 2.24) is 31.1 Å². The highest BCUT2D eigenvalue weighted by Crippen LogP contribution is 2.14. The standard InChI is InChI=1S/C28H46N6O2/c35-19-17-33-13-9-29-21-25-1-2-26(4-3-25)22-30-10-14-34(18-20-36)16-12-32-24-28-7-5-27(6-8-28)23-31-11-15-33/h1-7,24,29-32,35-36H,8-23H2. The van der Waals surface area contributed by atoms with Gasteiger partial charge in [0.2, 0.25) is 0 Å². The lowest BCUT2D eigenvalue weighted by molar-refractivity contribution is 0.196. The van der Waals surface area contributed by atoms with Crippen molar-refractivity contribution in [2.24, 2.45) is 0 Å². The third-order valence-corrected chi connectivity index (χ3v) is 6.63. The van der Waals surface area contributed by atoms with E-state index in [9.17, 15) is 10.2 Å². The number of rotatable bonds is 4. The van der Waals surface area contributed by atoms with E-state index in [0.29, 0.717) is 13.1 Å². The average Bonchev–Trinajstić information content (AvgIpc) is 2.90. The molecule has 1 aromatic carbocycles. The molecule has 4 aliphatic heterocycles. The molecule has 0 atom stereocenters. The SMILES string of the molecule is OCCN1CCNC=C2C=CC(=CC2)CNCCN(CCO)CCNCc2ccc(cc2)CNCC1. The molecule has 4 bridgehead atoms. The van der Waals surface area contributed by atoms with Gasteiger partial charge in [0.05, 0.1) is 13.2 Å². The molecule has 0 unspecified atom stereocenters. The van der Waals surface area contributed by atoms with Crippen molar-refractivity contribution in [1.29, 1.82) is 0 Å². The number of nitrogens with zero attached hydrogens (tertiary/aromatic N) is 2. The van der Waals surface area contributed by atoms with Gasteiger partial charge < -0.3 is 31.5 Å². The van der Waals surface area contributed by atoms with Crippen LogP contribution >= 0.6 is 0 Å². The first-order valence-corrected chi connectivity index (χ1v) is 13.4. The molecule has 8 nitrogen and oxygen atoms in total. The number of hydrogen-bond acceptors (Lipinski definition) is 8. The number of nitrogens with one attached hydrogen (secondary N) is 4. The summed E-state index contributed by atoms with van der Waals surface area (Å²) < 4.78 is 0. The highest BCUT2D eigenvalue weighted by Gasteiger charge is 2.07. The van der Waals surface area contributed by atoms with E-state index in [1.807, 2.05) is 0 Å². The van der Waals surface area contributed by atoms with Crippen LogP contribution in [-0.2, 0) is 13.1 Å². The molecule has 0 spiro atoms. The van der Waals surface area contributed by atoms with Gasteiger partial charge in [-0.25, -0.2) is 0 Å². The Morgan fingerprint density at radius 1 is 0.639 bits per heavy atom. The van der Waals surface area contributed by atoms with Gasteiger partial charge in [0.1, 0.15) is 0 Å². The van der Waals surface area contributed by atoms with E-state index in [2.05, 4.69) is 79.8 Å². The number of benzene rings is 1. The number of aliphatic hydroxyl groups is 2. The molecule has 0 aromatic heterocycles. The zero-order chi connectivity index (χ0) is 25.3. The van der Waals surface area contributed by atoms with Crippen LogP contribution in [0, 0.1) is 0 Å². The van der Waals surface area contributed by atoms with Crippen molar-refractivity contribution in [2.45, 2.75) is 19.5 Å². The summed E-state index contributed by atoms with van der Waals surface area (Å²) in [5.74, 6) is 0. The Morgan fingerprint density at radius 2 is 1.14 bits per heavy atom. The molecule has 0 saturated heterocycles. The highest BCUT2D eigenvalue weighted by atomic mass is 16.3. The number of aliphatic hydroxyl groups excluding tert-OH is 2. The summed E-state index contributed by atoms with van der Waals surface area (Å²) in [6.45, 7) is 11.5. The van der Waals surface area contributed by atoms with Crippen molar-refractivity contribution in [3.8, 4) is 0 Å². The van der Waals surface area contributed by atoms with Crippen LogP contribution in [-0.4, -0.2) is 105 Å². The van der Waals surface area contributed by atoms with Crippen LogP contribution < -0.4 is 21.3 Å². The van der Waals surface area contributed by atoms with E-state index < -0.39 is 0 Å². The minimum atomic E-state index is 0.181. The number of hydrogen-bond donors (Lipinski definition) is 6. The van der Waals surface area contributed by atoms with Crippen molar-refractivity contribution in [2.75, 3.05) is 85.2 Å². The quantitative estimate of drug-likeness (QED) is 0.356. The molecular formula is C28H46N6O2. The van der Waals surface area contributed by atoms with Gasteiger partial charge in [0.25, 0.3) is 0 Å². The Morgan fingerprint density at radius 3 is 1.64 bits per heavy atom. The normalized spacial score (nSPS) is 20.6. The van der Waals surface area contributed by atoms with Crippen LogP contribution in [0.3, 0.4) is 0 Å². The second-order valence-electron chi connectivity index (χ2n) is 9.47. The maximum atomic E-state index is 9.43. The van der Waals surface area contributed by atoms with Gasteiger partial charge in [-0.05, 0) is 28.7 Å². The van der Waals surface area contributed by atoms with E-state index in [1.165, 1.54) is 22.3 Å². The van der Waals surface area contributed by atoms with Crippen LogP contribution in [0.15, 0.2) is 59.8 Å². The first-order valence-electron chi connectivity index (χ1n) is 13.4. The topological polar surface area (TPSA) is 95.1 Å². The smallest absolute Gasteiger partial charge is 0.0558 e. The van der Waals surface area contributed by atoms with Crippen molar-refractivity contribution >= 4 is 0 Å². The maximum Gasteiger partial charge on any atom is 0.0558 e. The fraction of sp³-hybridized carbons (Fsp3) is 0.571. The minimum Gasteiger partial charge on any atom is -0.395 e. The van der Waals surface area contributed by atoms with Crippen LogP contribution in [0.2, 0.25) is 0 Å². The van der Waals surface area contributed by atoms with E-state index in [0.717, 1.165) is 78.4 Å². The first-order chi connectivity index (χ1) is 17.8. The van der Waals surface area contributed by atoms with Crippen molar-refractivity contribution in [3.05, 3.63) is 71.0 Å². The Bertz CT molecular complexity index is 824. The van der Waals surface area contributed by atoms with Gasteiger partial charge in [-0.2, -0.15) is 0 Å². The molecule has 6 N–H and O–H groups in total. The summed E-state index contributed by atoms with van der Waals surface area (Å²) in [4.78, 5) is 4.59.